The number of aromatic nitrogens is 2. The molecule has 0 aliphatic rings. The fourth-order valence-corrected chi connectivity index (χ4v) is 3.26. The van der Waals surface area contributed by atoms with Crippen LogP contribution >= 0.6 is 11.6 Å². The second-order valence-electron chi connectivity index (χ2n) is 6.43. The van der Waals surface area contributed by atoms with Crippen LogP contribution in [0.25, 0.3) is 22.4 Å². The summed E-state index contributed by atoms with van der Waals surface area (Å²) in [7, 11) is 0. The molecule has 4 rings (SSSR count). The molecule has 0 unspecified atom stereocenters. The summed E-state index contributed by atoms with van der Waals surface area (Å²) >= 11 is 6.00. The second-order valence-corrected chi connectivity index (χ2v) is 6.87. The van der Waals surface area contributed by atoms with Gasteiger partial charge in [-0.25, -0.2) is 4.98 Å². The van der Waals surface area contributed by atoms with Crippen LogP contribution in [0, 0.1) is 6.92 Å². The molecule has 4 nitrogen and oxygen atoms in total. The third-order valence-corrected chi connectivity index (χ3v) is 4.61. The van der Waals surface area contributed by atoms with Gasteiger partial charge in [0.2, 0.25) is 5.91 Å². The predicted octanol–water partition coefficient (Wildman–Crippen LogP) is 5.30. The Morgan fingerprint density at radius 2 is 1.81 bits per heavy atom. The molecule has 1 heterocycles. The van der Waals surface area contributed by atoms with Crippen molar-refractivity contribution in [3.63, 3.8) is 0 Å². The molecule has 1 N–H and O–H groups in total. The van der Waals surface area contributed by atoms with Gasteiger partial charge in [-0.3, -0.25) is 4.79 Å². The average molecular weight is 376 g/mol. The monoisotopic (exact) mass is 375 g/mol. The third-order valence-electron chi connectivity index (χ3n) is 4.37. The quantitative estimate of drug-likeness (QED) is 0.525. The van der Waals surface area contributed by atoms with E-state index in [-0.39, 0.29) is 12.5 Å². The Labute approximate surface area is 162 Å². The Bertz CT molecular complexity index is 1120. The van der Waals surface area contributed by atoms with Crippen molar-refractivity contribution in [1.82, 2.24) is 9.55 Å². The number of carbonyl (C=O) groups is 1. The lowest BCUT2D eigenvalue weighted by molar-refractivity contribution is -0.116. The summed E-state index contributed by atoms with van der Waals surface area (Å²) < 4.78 is 1.94. The average Bonchev–Trinajstić information content (AvgIpc) is 3.01. The molecular weight excluding hydrogens is 358 g/mol. The first-order valence-electron chi connectivity index (χ1n) is 8.68. The number of carbonyl (C=O) groups excluding carboxylic acids is 1. The molecule has 5 heteroatoms. The van der Waals surface area contributed by atoms with E-state index >= 15 is 0 Å². The van der Waals surface area contributed by atoms with Crippen LogP contribution in [0.4, 0.5) is 5.69 Å². The lowest BCUT2D eigenvalue weighted by atomic mass is 10.1. The maximum Gasteiger partial charge on any atom is 0.244 e. The topological polar surface area (TPSA) is 46.9 Å². The molecule has 0 bridgehead atoms. The zero-order valence-corrected chi connectivity index (χ0v) is 15.6. The maximum atomic E-state index is 12.7. The van der Waals surface area contributed by atoms with Crippen LogP contribution in [-0.2, 0) is 11.3 Å². The lowest BCUT2D eigenvalue weighted by Crippen LogP contribution is -2.19. The van der Waals surface area contributed by atoms with Gasteiger partial charge in [0, 0.05) is 16.3 Å². The van der Waals surface area contributed by atoms with Crippen LogP contribution in [-0.4, -0.2) is 15.5 Å². The standard InChI is InChI=1S/C22H18ClN3O/c1-15-9-11-16(12-10-15)22-25-19-7-2-3-8-20(19)26(22)14-21(27)24-18-6-4-5-17(23)13-18/h2-13H,14H2,1H3,(H,24,27). The van der Waals surface area contributed by atoms with E-state index in [4.69, 9.17) is 16.6 Å². The summed E-state index contributed by atoms with van der Waals surface area (Å²) in [6.07, 6.45) is 0. The number of hydrogen-bond acceptors (Lipinski definition) is 2. The zero-order chi connectivity index (χ0) is 18.8. The number of para-hydroxylation sites is 2. The molecule has 134 valence electrons. The molecule has 0 radical (unpaired) electrons. The number of hydrogen-bond donors (Lipinski definition) is 1. The van der Waals surface area contributed by atoms with Crippen LogP contribution in [0.5, 0.6) is 0 Å². The first kappa shape index (κ1) is 17.3. The van der Waals surface area contributed by atoms with Gasteiger partial charge in [0.1, 0.15) is 12.4 Å². The SMILES string of the molecule is Cc1ccc(-c2nc3ccccc3n2CC(=O)Nc2cccc(Cl)c2)cc1. The van der Waals surface area contributed by atoms with E-state index in [2.05, 4.69) is 5.32 Å². The number of aryl methyl sites for hydroxylation is 1. The van der Waals surface area contributed by atoms with Crippen molar-refractivity contribution in [3.8, 4) is 11.4 Å². The van der Waals surface area contributed by atoms with E-state index in [1.165, 1.54) is 5.56 Å². The first-order chi connectivity index (χ1) is 13.1. The molecule has 0 fully saturated rings. The zero-order valence-electron chi connectivity index (χ0n) is 14.8. The van der Waals surface area contributed by atoms with Gasteiger partial charge in [-0.2, -0.15) is 0 Å². The van der Waals surface area contributed by atoms with E-state index in [0.717, 1.165) is 22.4 Å². The first-order valence-corrected chi connectivity index (χ1v) is 9.06. The molecular formula is C22H18ClN3O. The van der Waals surface area contributed by atoms with E-state index in [1.807, 2.05) is 72.2 Å². The molecule has 0 aliphatic carbocycles. The van der Waals surface area contributed by atoms with Gasteiger partial charge >= 0.3 is 0 Å². The summed E-state index contributed by atoms with van der Waals surface area (Å²) in [5.74, 6) is 0.645. The third kappa shape index (κ3) is 3.71. The molecule has 0 saturated heterocycles. The molecule has 3 aromatic carbocycles. The number of halogens is 1. The number of fused-ring (bicyclic) bond motifs is 1. The highest BCUT2D eigenvalue weighted by atomic mass is 35.5. The number of imidazole rings is 1. The van der Waals surface area contributed by atoms with Crippen molar-refractivity contribution in [2.45, 2.75) is 13.5 Å². The van der Waals surface area contributed by atoms with Crippen molar-refractivity contribution in [3.05, 3.63) is 83.4 Å². The summed E-state index contributed by atoms with van der Waals surface area (Å²) in [5.41, 5.74) is 4.62. The Hall–Kier alpha value is -3.11. The molecule has 27 heavy (non-hydrogen) atoms. The number of rotatable bonds is 4. The van der Waals surface area contributed by atoms with Crippen LogP contribution in [0.15, 0.2) is 72.8 Å². The fraction of sp³-hybridized carbons (Fsp3) is 0.0909. The highest BCUT2D eigenvalue weighted by Gasteiger charge is 2.15. The summed E-state index contributed by atoms with van der Waals surface area (Å²) in [5, 5.41) is 3.49. The van der Waals surface area contributed by atoms with Gasteiger partial charge in [0.25, 0.3) is 0 Å². The van der Waals surface area contributed by atoms with Crippen molar-refractivity contribution in [1.29, 1.82) is 0 Å². The van der Waals surface area contributed by atoms with Crippen LogP contribution in [0.2, 0.25) is 5.02 Å². The summed E-state index contributed by atoms with van der Waals surface area (Å²) in [4.78, 5) is 17.4. The van der Waals surface area contributed by atoms with Crippen molar-refractivity contribution in [2.24, 2.45) is 0 Å². The Balaban J connectivity index is 1.70. The van der Waals surface area contributed by atoms with Crippen LogP contribution < -0.4 is 5.32 Å². The minimum absolute atomic E-state index is 0.131. The number of benzene rings is 3. The minimum atomic E-state index is -0.131. The van der Waals surface area contributed by atoms with Gasteiger partial charge in [-0.15, -0.1) is 0 Å². The van der Waals surface area contributed by atoms with E-state index < -0.39 is 0 Å². The van der Waals surface area contributed by atoms with Gasteiger partial charge in [0.15, 0.2) is 0 Å². The largest absolute Gasteiger partial charge is 0.324 e. The number of amides is 1. The number of anilines is 1. The molecule has 1 amide bonds. The van der Waals surface area contributed by atoms with Gasteiger partial charge in [-0.1, -0.05) is 59.6 Å². The minimum Gasteiger partial charge on any atom is -0.324 e. The smallest absolute Gasteiger partial charge is 0.244 e. The number of nitrogens with zero attached hydrogens (tertiary/aromatic N) is 2. The van der Waals surface area contributed by atoms with Crippen molar-refractivity contribution >= 4 is 34.2 Å². The van der Waals surface area contributed by atoms with Crippen molar-refractivity contribution in [2.75, 3.05) is 5.32 Å². The highest BCUT2D eigenvalue weighted by Crippen LogP contribution is 2.25. The van der Waals surface area contributed by atoms with Gasteiger partial charge in [-0.05, 0) is 37.3 Å². The summed E-state index contributed by atoms with van der Waals surface area (Å²) in [6.45, 7) is 2.21. The van der Waals surface area contributed by atoms with E-state index in [0.29, 0.717) is 10.7 Å². The molecule has 1 aromatic heterocycles. The summed E-state index contributed by atoms with van der Waals surface area (Å²) in [6, 6.07) is 23.1. The molecule has 0 atom stereocenters. The molecule has 0 spiro atoms. The van der Waals surface area contributed by atoms with Gasteiger partial charge in [0.05, 0.1) is 11.0 Å². The predicted molar refractivity (Wildman–Crippen MR) is 110 cm³/mol. The Kier molecular flexibility index (Phi) is 4.65. The maximum absolute atomic E-state index is 12.7. The molecule has 0 aliphatic heterocycles. The Morgan fingerprint density at radius 1 is 1.04 bits per heavy atom. The molecule has 0 saturated carbocycles. The normalized spacial score (nSPS) is 10.9. The van der Waals surface area contributed by atoms with Crippen LogP contribution in [0.1, 0.15) is 5.56 Å². The number of nitrogens with one attached hydrogen (secondary N) is 1. The Morgan fingerprint density at radius 3 is 2.59 bits per heavy atom. The second kappa shape index (κ2) is 7.25. The van der Waals surface area contributed by atoms with Crippen molar-refractivity contribution < 1.29 is 4.79 Å². The van der Waals surface area contributed by atoms with E-state index in [9.17, 15) is 4.79 Å². The lowest BCUT2D eigenvalue weighted by Gasteiger charge is -2.11. The fourth-order valence-electron chi connectivity index (χ4n) is 3.07. The van der Waals surface area contributed by atoms with Crippen LogP contribution in [0.3, 0.4) is 0 Å². The van der Waals surface area contributed by atoms with Gasteiger partial charge < -0.3 is 9.88 Å². The highest BCUT2D eigenvalue weighted by molar-refractivity contribution is 6.30. The molecule has 4 aromatic rings. The van der Waals surface area contributed by atoms with E-state index in [1.54, 1.807) is 12.1 Å².